The fraction of sp³-hybridized carbons (Fsp3) is 0.188. The molecule has 1 aromatic carbocycles. The van der Waals surface area contributed by atoms with E-state index in [1.54, 1.807) is 6.92 Å². The number of hydrogen-bond donors (Lipinski definition) is 2. The third-order valence-electron chi connectivity index (χ3n) is 3.43. The van der Waals surface area contributed by atoms with Crippen LogP contribution >= 0.6 is 0 Å². The van der Waals surface area contributed by atoms with Crippen LogP contribution in [0.15, 0.2) is 41.2 Å². The molecule has 0 aliphatic carbocycles. The topological polar surface area (TPSA) is 88.4 Å². The predicted molar refractivity (Wildman–Crippen MR) is 82.1 cm³/mol. The predicted octanol–water partition coefficient (Wildman–Crippen LogP) is 2.19. The zero-order valence-electron chi connectivity index (χ0n) is 12.5. The molecule has 0 saturated heterocycles. The molecule has 120 valence electrons. The number of carbonyl (C=O) groups is 2. The van der Waals surface area contributed by atoms with Gasteiger partial charge in [0.25, 0.3) is 5.56 Å². The Balaban J connectivity index is 2.32. The van der Waals surface area contributed by atoms with Crippen LogP contribution in [0.2, 0.25) is 0 Å². The zero-order valence-corrected chi connectivity index (χ0v) is 12.5. The molecule has 1 amide bonds. The number of benzene rings is 1. The van der Waals surface area contributed by atoms with E-state index in [0.717, 1.165) is 4.57 Å². The fourth-order valence-electron chi connectivity index (χ4n) is 2.19. The first kappa shape index (κ1) is 16.4. The van der Waals surface area contributed by atoms with E-state index < -0.39 is 34.9 Å². The summed E-state index contributed by atoms with van der Waals surface area (Å²) in [5.41, 5.74) is -0.318. The van der Waals surface area contributed by atoms with Crippen molar-refractivity contribution in [1.29, 1.82) is 0 Å². The van der Waals surface area contributed by atoms with Gasteiger partial charge in [0.1, 0.15) is 17.4 Å². The summed E-state index contributed by atoms with van der Waals surface area (Å²) in [6.45, 7) is 3.09. The molecule has 1 unspecified atom stereocenters. The number of anilines is 1. The van der Waals surface area contributed by atoms with Gasteiger partial charge in [0.15, 0.2) is 0 Å². The molecule has 0 aliphatic heterocycles. The minimum Gasteiger partial charge on any atom is -0.477 e. The highest BCUT2D eigenvalue weighted by molar-refractivity contribution is 5.93. The van der Waals surface area contributed by atoms with E-state index in [0.29, 0.717) is 11.4 Å². The van der Waals surface area contributed by atoms with Crippen molar-refractivity contribution in [2.24, 2.45) is 0 Å². The molecule has 0 fully saturated rings. The number of rotatable bonds is 4. The third kappa shape index (κ3) is 3.45. The number of aryl methyl sites for hydroxylation is 1. The van der Waals surface area contributed by atoms with Gasteiger partial charge in [0.05, 0.1) is 0 Å². The molecule has 0 spiro atoms. The molecule has 2 rings (SSSR count). The highest BCUT2D eigenvalue weighted by atomic mass is 19.1. The Morgan fingerprint density at radius 2 is 1.78 bits per heavy atom. The minimum atomic E-state index is -1.35. The SMILES string of the molecule is Cc1ccc(C(=O)O)c(=O)n1C(C)C(=O)Nc1ccc(F)cc1. The van der Waals surface area contributed by atoms with Crippen molar-refractivity contribution in [3.63, 3.8) is 0 Å². The smallest absolute Gasteiger partial charge is 0.341 e. The van der Waals surface area contributed by atoms with Crippen LogP contribution < -0.4 is 10.9 Å². The second-order valence-corrected chi connectivity index (χ2v) is 5.04. The number of carboxylic acid groups (broad SMARTS) is 1. The molecule has 6 nitrogen and oxygen atoms in total. The highest BCUT2D eigenvalue weighted by Crippen LogP contribution is 2.13. The number of carbonyl (C=O) groups excluding carboxylic acids is 1. The van der Waals surface area contributed by atoms with Crippen molar-refractivity contribution >= 4 is 17.6 Å². The van der Waals surface area contributed by atoms with Crippen LogP contribution in [-0.2, 0) is 4.79 Å². The largest absolute Gasteiger partial charge is 0.477 e. The molecule has 0 bridgehead atoms. The van der Waals surface area contributed by atoms with E-state index in [1.165, 1.54) is 43.3 Å². The summed E-state index contributed by atoms with van der Waals surface area (Å²) in [7, 11) is 0. The number of aromatic carboxylic acids is 1. The average molecular weight is 318 g/mol. The van der Waals surface area contributed by atoms with Crippen LogP contribution in [-0.4, -0.2) is 21.6 Å². The highest BCUT2D eigenvalue weighted by Gasteiger charge is 2.21. The molecule has 0 aliphatic rings. The first-order chi connectivity index (χ1) is 10.8. The number of halogens is 1. The van der Waals surface area contributed by atoms with Crippen LogP contribution in [0.5, 0.6) is 0 Å². The number of nitrogens with zero attached hydrogens (tertiary/aromatic N) is 1. The van der Waals surface area contributed by atoms with Gasteiger partial charge in [-0.15, -0.1) is 0 Å². The maximum atomic E-state index is 12.9. The van der Waals surface area contributed by atoms with Crippen molar-refractivity contribution in [2.75, 3.05) is 5.32 Å². The summed E-state index contributed by atoms with van der Waals surface area (Å²) in [5, 5.41) is 11.6. The van der Waals surface area contributed by atoms with Gasteiger partial charge in [-0.1, -0.05) is 0 Å². The Morgan fingerprint density at radius 3 is 2.35 bits per heavy atom. The van der Waals surface area contributed by atoms with Crippen LogP contribution in [0.3, 0.4) is 0 Å². The lowest BCUT2D eigenvalue weighted by molar-refractivity contribution is -0.118. The third-order valence-corrected chi connectivity index (χ3v) is 3.43. The van der Waals surface area contributed by atoms with E-state index in [-0.39, 0.29) is 0 Å². The normalized spacial score (nSPS) is 11.8. The number of carboxylic acids is 1. The van der Waals surface area contributed by atoms with E-state index >= 15 is 0 Å². The van der Waals surface area contributed by atoms with E-state index in [4.69, 9.17) is 5.11 Å². The number of nitrogens with one attached hydrogen (secondary N) is 1. The summed E-state index contributed by atoms with van der Waals surface area (Å²) < 4.78 is 14.0. The minimum absolute atomic E-state index is 0.378. The monoisotopic (exact) mass is 318 g/mol. The molecule has 1 heterocycles. The van der Waals surface area contributed by atoms with Crippen molar-refractivity contribution in [2.45, 2.75) is 19.9 Å². The molecule has 2 N–H and O–H groups in total. The molecular formula is C16H15FN2O4. The Bertz CT molecular complexity index is 812. The average Bonchev–Trinajstić information content (AvgIpc) is 2.49. The van der Waals surface area contributed by atoms with Gasteiger partial charge < -0.3 is 10.4 Å². The maximum Gasteiger partial charge on any atom is 0.341 e. The van der Waals surface area contributed by atoms with Crippen molar-refractivity contribution in [1.82, 2.24) is 4.57 Å². The Morgan fingerprint density at radius 1 is 1.17 bits per heavy atom. The van der Waals surface area contributed by atoms with E-state index in [9.17, 15) is 18.8 Å². The fourth-order valence-corrected chi connectivity index (χ4v) is 2.19. The molecule has 1 atom stereocenters. The Kier molecular flexibility index (Phi) is 4.59. The van der Waals surface area contributed by atoms with Crippen LogP contribution in [0.4, 0.5) is 10.1 Å². The first-order valence-corrected chi connectivity index (χ1v) is 6.83. The molecule has 0 radical (unpaired) electrons. The summed E-state index contributed by atoms with van der Waals surface area (Å²) in [6, 6.07) is 6.93. The van der Waals surface area contributed by atoms with Gasteiger partial charge >= 0.3 is 5.97 Å². The molecule has 7 heteroatoms. The zero-order chi connectivity index (χ0) is 17.1. The number of pyridine rings is 1. The van der Waals surface area contributed by atoms with Gasteiger partial charge in [-0.2, -0.15) is 0 Å². The van der Waals surface area contributed by atoms with E-state index in [1.807, 2.05) is 0 Å². The standard InChI is InChI=1S/C16H15FN2O4/c1-9-3-8-13(16(22)23)15(21)19(9)10(2)14(20)18-12-6-4-11(17)5-7-12/h3-8,10H,1-2H3,(H,18,20)(H,22,23). The lowest BCUT2D eigenvalue weighted by Crippen LogP contribution is -2.35. The van der Waals surface area contributed by atoms with Gasteiger partial charge in [-0.25, -0.2) is 9.18 Å². The van der Waals surface area contributed by atoms with Gasteiger partial charge in [0, 0.05) is 11.4 Å². The molecule has 1 aromatic heterocycles. The van der Waals surface area contributed by atoms with Crippen molar-refractivity contribution in [3.8, 4) is 0 Å². The summed E-state index contributed by atoms with van der Waals surface area (Å²) in [6.07, 6.45) is 0. The summed E-state index contributed by atoms with van der Waals surface area (Å²) in [5.74, 6) is -2.29. The number of hydrogen-bond acceptors (Lipinski definition) is 3. The quantitative estimate of drug-likeness (QED) is 0.904. The van der Waals surface area contributed by atoms with Gasteiger partial charge in [0.2, 0.25) is 5.91 Å². The first-order valence-electron chi connectivity index (χ1n) is 6.83. The van der Waals surface area contributed by atoms with Crippen LogP contribution in [0.1, 0.15) is 29.0 Å². The lowest BCUT2D eigenvalue weighted by atomic mass is 10.2. The Hall–Kier alpha value is -2.96. The molecule has 23 heavy (non-hydrogen) atoms. The van der Waals surface area contributed by atoms with E-state index in [2.05, 4.69) is 5.32 Å². The maximum absolute atomic E-state index is 12.9. The second kappa shape index (κ2) is 6.43. The molecule has 2 aromatic rings. The van der Waals surface area contributed by atoms with Crippen molar-refractivity contribution < 1.29 is 19.1 Å². The molecule has 0 saturated carbocycles. The second-order valence-electron chi connectivity index (χ2n) is 5.04. The lowest BCUT2D eigenvalue weighted by Gasteiger charge is -2.18. The van der Waals surface area contributed by atoms with Gasteiger partial charge in [-0.05, 0) is 50.2 Å². The number of aromatic nitrogens is 1. The Labute approximate surface area is 131 Å². The van der Waals surface area contributed by atoms with Crippen molar-refractivity contribution in [3.05, 3.63) is 63.8 Å². The molecular weight excluding hydrogens is 303 g/mol. The van der Waals surface area contributed by atoms with Gasteiger partial charge in [-0.3, -0.25) is 14.2 Å². The van der Waals surface area contributed by atoms with Crippen LogP contribution in [0.25, 0.3) is 0 Å². The number of amides is 1. The summed E-state index contributed by atoms with van der Waals surface area (Å²) in [4.78, 5) is 35.5. The summed E-state index contributed by atoms with van der Waals surface area (Å²) >= 11 is 0. The van der Waals surface area contributed by atoms with Crippen LogP contribution in [0, 0.1) is 12.7 Å².